The second kappa shape index (κ2) is 19.4. The molecule has 0 saturated carbocycles. The summed E-state index contributed by atoms with van der Waals surface area (Å²) in [6.07, 6.45) is 26.2. The Morgan fingerprint density at radius 2 is 1.42 bits per heavy atom. The molecule has 0 unspecified atom stereocenters. The summed E-state index contributed by atoms with van der Waals surface area (Å²) in [6, 6.07) is 0. The number of allylic oxidation sites excluding steroid dienone is 7. The topological polar surface area (TPSA) is 60.2 Å². The highest BCUT2D eigenvalue weighted by Gasteiger charge is 2.06. The molecule has 0 aliphatic rings. The lowest BCUT2D eigenvalue weighted by molar-refractivity contribution is -0.427. The number of carbonyl (C=O) groups is 1. The molecule has 0 spiro atoms. The zero-order chi connectivity index (χ0) is 19.3. The number of hydrogen-bond donors (Lipinski definition) is 0. The van der Waals surface area contributed by atoms with Gasteiger partial charge in [-0.05, 0) is 51.0 Å². The van der Waals surface area contributed by atoms with Crippen LogP contribution in [-0.2, 0) is 4.79 Å². The van der Waals surface area contributed by atoms with Crippen LogP contribution in [0.25, 0.3) is 0 Å². The fraction of sp³-hybridized carbons (Fsp3) is 0.591. The van der Waals surface area contributed by atoms with Crippen LogP contribution in [0.15, 0.2) is 48.2 Å². The molecule has 0 radical (unpaired) electrons. The number of aldehydes is 1. The van der Waals surface area contributed by atoms with E-state index in [1.165, 1.54) is 19.3 Å². The Morgan fingerprint density at radius 3 is 2.08 bits per heavy atom. The highest BCUT2D eigenvalue weighted by molar-refractivity contribution is 5.48. The third-order valence-corrected chi connectivity index (χ3v) is 3.99. The second-order valence-electron chi connectivity index (χ2n) is 6.34. The van der Waals surface area contributed by atoms with Gasteiger partial charge < -0.3 is 4.79 Å². The number of unbranched alkanes of at least 4 members (excludes halogenated alkanes) is 7. The quantitative estimate of drug-likeness (QED) is 0.0950. The molecule has 0 amide bonds. The van der Waals surface area contributed by atoms with Crippen LogP contribution in [0.2, 0.25) is 0 Å². The number of nitrogens with zero attached hydrogens (tertiary/aromatic N) is 1. The first kappa shape index (κ1) is 24.0. The first-order valence-corrected chi connectivity index (χ1v) is 9.94. The van der Waals surface area contributed by atoms with Gasteiger partial charge in [0, 0.05) is 6.42 Å². The van der Waals surface area contributed by atoms with Gasteiger partial charge in [-0.1, -0.05) is 62.6 Å². The molecule has 0 aromatic rings. The standard InChI is InChI=1S/C22H35NO3/c1-2-3-4-5-6-7-8-9-10-11-13-16-19-22(23(25)26)20-17-14-12-15-18-21-24/h6-7,9-10,13,16,20-21H,2-5,8,11-12,14-15,17-19H2,1H3/b7-6-,10-9-,16-13-,22-20+. The molecule has 146 valence electrons. The first-order valence-electron chi connectivity index (χ1n) is 9.94. The molecule has 0 N–H and O–H groups in total. The monoisotopic (exact) mass is 361 g/mol. The third-order valence-electron chi connectivity index (χ3n) is 3.99. The summed E-state index contributed by atoms with van der Waals surface area (Å²) in [5.74, 6) is 0. The van der Waals surface area contributed by atoms with Crippen molar-refractivity contribution in [1.82, 2.24) is 0 Å². The van der Waals surface area contributed by atoms with E-state index in [0.717, 1.165) is 44.8 Å². The Kier molecular flexibility index (Phi) is 17.9. The summed E-state index contributed by atoms with van der Waals surface area (Å²) in [5, 5.41) is 11.0. The van der Waals surface area contributed by atoms with Crippen molar-refractivity contribution in [2.45, 2.75) is 84.0 Å². The molecular formula is C22H35NO3. The Bertz CT molecular complexity index is 476. The molecule has 0 aromatic carbocycles. The van der Waals surface area contributed by atoms with Gasteiger partial charge in [-0.3, -0.25) is 10.1 Å². The average Bonchev–Trinajstić information content (AvgIpc) is 2.63. The van der Waals surface area contributed by atoms with Crippen LogP contribution < -0.4 is 0 Å². The molecule has 0 saturated heterocycles. The molecule has 4 heteroatoms. The minimum Gasteiger partial charge on any atom is -0.303 e. The van der Waals surface area contributed by atoms with Crippen LogP contribution in [-0.4, -0.2) is 11.2 Å². The largest absolute Gasteiger partial charge is 0.303 e. The fourth-order valence-electron chi connectivity index (χ4n) is 2.43. The number of carbonyl (C=O) groups excluding carboxylic acids is 1. The van der Waals surface area contributed by atoms with Crippen molar-refractivity contribution < 1.29 is 9.72 Å². The molecular weight excluding hydrogens is 326 g/mol. The zero-order valence-corrected chi connectivity index (χ0v) is 16.3. The molecule has 0 bridgehead atoms. The smallest absolute Gasteiger partial charge is 0.246 e. The van der Waals surface area contributed by atoms with E-state index in [2.05, 4.69) is 31.2 Å². The lowest BCUT2D eigenvalue weighted by Crippen LogP contribution is -1.97. The second-order valence-corrected chi connectivity index (χ2v) is 6.34. The number of hydrogen-bond acceptors (Lipinski definition) is 3. The molecule has 0 rings (SSSR count). The highest BCUT2D eigenvalue weighted by atomic mass is 16.6. The van der Waals surface area contributed by atoms with Crippen LogP contribution >= 0.6 is 0 Å². The van der Waals surface area contributed by atoms with Gasteiger partial charge in [0.1, 0.15) is 6.29 Å². The van der Waals surface area contributed by atoms with E-state index in [0.29, 0.717) is 19.3 Å². The maximum atomic E-state index is 11.0. The van der Waals surface area contributed by atoms with Crippen molar-refractivity contribution in [3.05, 3.63) is 58.3 Å². The lowest BCUT2D eigenvalue weighted by Gasteiger charge is -1.96. The highest BCUT2D eigenvalue weighted by Crippen LogP contribution is 2.09. The fourth-order valence-corrected chi connectivity index (χ4v) is 2.43. The zero-order valence-electron chi connectivity index (χ0n) is 16.3. The van der Waals surface area contributed by atoms with Crippen LogP contribution in [0.1, 0.15) is 84.0 Å². The van der Waals surface area contributed by atoms with Crippen molar-refractivity contribution in [3.8, 4) is 0 Å². The van der Waals surface area contributed by atoms with Crippen LogP contribution in [0.3, 0.4) is 0 Å². The van der Waals surface area contributed by atoms with Crippen LogP contribution in [0, 0.1) is 10.1 Å². The normalized spacial score (nSPS) is 12.6. The minimum absolute atomic E-state index is 0.260. The van der Waals surface area contributed by atoms with E-state index in [1.54, 1.807) is 6.08 Å². The maximum absolute atomic E-state index is 11.0. The molecule has 0 fully saturated rings. The van der Waals surface area contributed by atoms with Crippen LogP contribution in [0.4, 0.5) is 0 Å². The van der Waals surface area contributed by atoms with Crippen molar-refractivity contribution in [3.63, 3.8) is 0 Å². The van der Waals surface area contributed by atoms with E-state index in [4.69, 9.17) is 0 Å². The summed E-state index contributed by atoms with van der Waals surface area (Å²) < 4.78 is 0. The number of nitro groups is 1. The molecule has 26 heavy (non-hydrogen) atoms. The van der Waals surface area contributed by atoms with E-state index in [9.17, 15) is 14.9 Å². The van der Waals surface area contributed by atoms with E-state index < -0.39 is 0 Å². The maximum Gasteiger partial charge on any atom is 0.246 e. The summed E-state index contributed by atoms with van der Waals surface area (Å²) >= 11 is 0. The van der Waals surface area contributed by atoms with E-state index in [-0.39, 0.29) is 10.6 Å². The Balaban J connectivity index is 3.90. The van der Waals surface area contributed by atoms with Gasteiger partial charge in [-0.2, -0.15) is 0 Å². The number of rotatable bonds is 17. The van der Waals surface area contributed by atoms with Gasteiger partial charge in [0.25, 0.3) is 0 Å². The molecule has 0 heterocycles. The average molecular weight is 362 g/mol. The van der Waals surface area contributed by atoms with Crippen molar-refractivity contribution in [2.24, 2.45) is 0 Å². The predicted molar refractivity (Wildman–Crippen MR) is 110 cm³/mol. The van der Waals surface area contributed by atoms with Gasteiger partial charge in [-0.25, -0.2) is 0 Å². The Hall–Kier alpha value is -1.97. The Labute approximate surface area is 158 Å². The van der Waals surface area contributed by atoms with Crippen molar-refractivity contribution in [1.29, 1.82) is 0 Å². The Morgan fingerprint density at radius 1 is 0.808 bits per heavy atom. The third kappa shape index (κ3) is 16.9. The van der Waals surface area contributed by atoms with E-state index >= 15 is 0 Å². The van der Waals surface area contributed by atoms with Crippen molar-refractivity contribution >= 4 is 6.29 Å². The summed E-state index contributed by atoms with van der Waals surface area (Å²) in [6.45, 7) is 2.21. The van der Waals surface area contributed by atoms with Gasteiger partial charge in [0.2, 0.25) is 5.70 Å². The minimum atomic E-state index is -0.297. The summed E-state index contributed by atoms with van der Waals surface area (Å²) in [4.78, 5) is 20.9. The molecule has 4 nitrogen and oxygen atoms in total. The summed E-state index contributed by atoms with van der Waals surface area (Å²) in [7, 11) is 0. The van der Waals surface area contributed by atoms with Crippen LogP contribution in [0.5, 0.6) is 0 Å². The first-order chi connectivity index (χ1) is 12.7. The molecule has 0 aliphatic heterocycles. The van der Waals surface area contributed by atoms with Gasteiger partial charge in [0.05, 0.1) is 11.3 Å². The van der Waals surface area contributed by atoms with Crippen molar-refractivity contribution in [2.75, 3.05) is 0 Å². The molecule has 0 aliphatic carbocycles. The van der Waals surface area contributed by atoms with Gasteiger partial charge in [0.15, 0.2) is 0 Å². The van der Waals surface area contributed by atoms with Gasteiger partial charge in [-0.15, -0.1) is 0 Å². The summed E-state index contributed by atoms with van der Waals surface area (Å²) in [5.41, 5.74) is 0.260. The molecule has 0 aromatic heterocycles. The van der Waals surface area contributed by atoms with Gasteiger partial charge >= 0.3 is 0 Å². The predicted octanol–water partition coefficient (Wildman–Crippen LogP) is 6.72. The molecule has 0 atom stereocenters. The van der Waals surface area contributed by atoms with E-state index in [1.807, 2.05) is 12.2 Å². The lowest BCUT2D eigenvalue weighted by atomic mass is 10.1. The SMILES string of the molecule is CCCCC/C=C\C/C=C\C/C=C\C/C(=C\CCCCCC=O)[N+](=O)[O-].